The number of aliphatic hydroxyl groups excluding tert-OH is 2. The molecule has 1 amide bonds. The number of aromatic nitrogens is 3. The number of alkyl halides is 3. The van der Waals surface area contributed by atoms with Crippen molar-refractivity contribution < 1.29 is 37.0 Å². The molecule has 14 heteroatoms. The van der Waals surface area contributed by atoms with Gasteiger partial charge in [0.1, 0.15) is 23.1 Å². The summed E-state index contributed by atoms with van der Waals surface area (Å²) in [6.07, 6.45) is -5.38. The first-order valence-corrected chi connectivity index (χ1v) is 10.8. The van der Waals surface area contributed by atoms with Crippen LogP contribution < -0.4 is 15.6 Å². The number of anilines is 1. The second-order valence-corrected chi connectivity index (χ2v) is 8.25. The summed E-state index contributed by atoms with van der Waals surface area (Å²) in [4.78, 5) is 34.9. The number of aliphatic hydroxyl groups is 2. The molecule has 0 aliphatic carbocycles. The van der Waals surface area contributed by atoms with Gasteiger partial charge in [-0.05, 0) is 18.6 Å². The van der Waals surface area contributed by atoms with Gasteiger partial charge in [-0.25, -0.2) is 13.8 Å². The van der Waals surface area contributed by atoms with Crippen molar-refractivity contribution in [3.05, 3.63) is 58.1 Å². The minimum atomic E-state index is -4.79. The summed E-state index contributed by atoms with van der Waals surface area (Å²) in [6.45, 7) is 1.16. The zero-order chi connectivity index (χ0) is 26.4. The van der Waals surface area contributed by atoms with Gasteiger partial charge in [-0.15, -0.1) is 0 Å². The second-order valence-electron chi connectivity index (χ2n) is 8.25. The van der Waals surface area contributed by atoms with E-state index in [0.717, 1.165) is 10.8 Å². The Morgan fingerprint density at radius 3 is 2.33 bits per heavy atom. The topological polar surface area (TPSA) is 121 Å². The van der Waals surface area contributed by atoms with Gasteiger partial charge in [0.2, 0.25) is 5.43 Å². The zero-order valence-corrected chi connectivity index (χ0v) is 18.6. The predicted molar refractivity (Wildman–Crippen MR) is 117 cm³/mol. The van der Waals surface area contributed by atoms with Crippen LogP contribution >= 0.6 is 0 Å². The fourth-order valence-electron chi connectivity index (χ4n) is 3.94. The van der Waals surface area contributed by atoms with E-state index in [1.54, 1.807) is 5.32 Å². The molecule has 4 rings (SSSR count). The third-order valence-corrected chi connectivity index (χ3v) is 5.84. The molecule has 36 heavy (non-hydrogen) atoms. The third-order valence-electron chi connectivity index (χ3n) is 5.84. The lowest BCUT2D eigenvalue weighted by atomic mass is 10.1. The minimum absolute atomic E-state index is 0.0157. The Morgan fingerprint density at radius 1 is 1.17 bits per heavy atom. The zero-order valence-electron chi connectivity index (χ0n) is 18.6. The molecular weight excluding hydrogens is 493 g/mol. The molecule has 0 aromatic carbocycles. The summed E-state index contributed by atoms with van der Waals surface area (Å²) < 4.78 is 69.7. The Balaban J connectivity index is 1.92. The van der Waals surface area contributed by atoms with E-state index < -0.39 is 65.1 Å². The summed E-state index contributed by atoms with van der Waals surface area (Å²) >= 11 is 0. The van der Waals surface area contributed by atoms with Crippen molar-refractivity contribution in [3.8, 4) is 5.69 Å². The van der Waals surface area contributed by atoms with Crippen molar-refractivity contribution in [2.45, 2.75) is 37.8 Å². The Bertz CT molecular complexity index is 1350. The van der Waals surface area contributed by atoms with E-state index in [1.807, 2.05) is 0 Å². The van der Waals surface area contributed by atoms with E-state index >= 15 is 0 Å². The smallest absolute Gasteiger partial charge is 0.389 e. The average molecular weight is 513 g/mol. The van der Waals surface area contributed by atoms with Crippen LogP contribution in [0, 0.1) is 11.6 Å². The monoisotopic (exact) mass is 513 g/mol. The first-order valence-electron chi connectivity index (χ1n) is 10.8. The van der Waals surface area contributed by atoms with E-state index in [-0.39, 0.29) is 29.9 Å². The number of carbonyl (C=O) groups is 1. The molecule has 192 valence electrons. The molecular formula is C22H20F5N5O4. The van der Waals surface area contributed by atoms with Gasteiger partial charge in [0.05, 0.1) is 30.0 Å². The van der Waals surface area contributed by atoms with E-state index in [9.17, 15) is 41.8 Å². The Labute approximate surface area is 199 Å². The summed E-state index contributed by atoms with van der Waals surface area (Å²) in [5.41, 5.74) is -2.87. The van der Waals surface area contributed by atoms with Crippen LogP contribution in [0.25, 0.3) is 16.7 Å². The normalized spacial score (nSPS) is 19.1. The molecule has 1 unspecified atom stereocenters. The molecule has 1 saturated heterocycles. The number of fused-ring (bicyclic) bond motifs is 1. The summed E-state index contributed by atoms with van der Waals surface area (Å²) in [6, 6.07) is 0.267. The first-order chi connectivity index (χ1) is 16.9. The third kappa shape index (κ3) is 4.60. The fourth-order valence-corrected chi connectivity index (χ4v) is 3.94. The van der Waals surface area contributed by atoms with Crippen LogP contribution in [-0.2, 0) is 0 Å². The van der Waals surface area contributed by atoms with Gasteiger partial charge < -0.3 is 20.4 Å². The highest BCUT2D eigenvalue weighted by Crippen LogP contribution is 2.26. The van der Waals surface area contributed by atoms with Crippen molar-refractivity contribution >= 4 is 22.8 Å². The lowest BCUT2D eigenvalue weighted by molar-refractivity contribution is -0.153. The number of hydrogen-bond acceptors (Lipinski definition) is 7. The largest absolute Gasteiger partial charge is 0.408 e. The molecule has 3 aromatic heterocycles. The van der Waals surface area contributed by atoms with Gasteiger partial charge in [-0.1, -0.05) is 6.92 Å². The molecule has 0 saturated carbocycles. The van der Waals surface area contributed by atoms with Crippen LogP contribution in [0.5, 0.6) is 0 Å². The van der Waals surface area contributed by atoms with Crippen molar-refractivity contribution in [3.63, 3.8) is 0 Å². The lowest BCUT2D eigenvalue weighted by Gasteiger charge is -2.21. The van der Waals surface area contributed by atoms with Crippen LogP contribution in [0.2, 0.25) is 0 Å². The van der Waals surface area contributed by atoms with Gasteiger partial charge in [-0.3, -0.25) is 19.1 Å². The summed E-state index contributed by atoms with van der Waals surface area (Å²) in [7, 11) is 0. The Kier molecular flexibility index (Phi) is 6.66. The predicted octanol–water partition coefficient (Wildman–Crippen LogP) is 1.67. The highest BCUT2D eigenvalue weighted by atomic mass is 19.4. The molecule has 3 aromatic rings. The standard InChI is InChI=1S/C22H20F5N5O4/c1-2-16(22(25,26)27)29-21(36)11-7-32(18-12(23)5-28-6-13(18)24)20-10(19(11)35)3-4-17(30-20)31-8-14(33)15(34)9-31/h3-7,14-16,33-34H,2,8-9H2,1H3,(H,29,36)/t14-,15-,16?/m1/s1. The van der Waals surface area contributed by atoms with Gasteiger partial charge in [0.15, 0.2) is 17.3 Å². The first kappa shape index (κ1) is 25.4. The number of amides is 1. The minimum Gasteiger partial charge on any atom is -0.389 e. The number of nitrogens with one attached hydrogen (secondary N) is 1. The molecule has 3 N–H and O–H groups in total. The van der Waals surface area contributed by atoms with Crippen molar-refractivity contribution in [2.75, 3.05) is 18.0 Å². The van der Waals surface area contributed by atoms with Crippen LogP contribution in [0.15, 0.2) is 35.5 Å². The van der Waals surface area contributed by atoms with E-state index in [4.69, 9.17) is 0 Å². The molecule has 3 atom stereocenters. The van der Waals surface area contributed by atoms with Crippen LogP contribution in [0.1, 0.15) is 23.7 Å². The summed E-state index contributed by atoms with van der Waals surface area (Å²) in [5.74, 6) is -3.62. The van der Waals surface area contributed by atoms with E-state index in [1.165, 1.54) is 24.0 Å². The number of hydrogen-bond donors (Lipinski definition) is 3. The molecule has 1 aliphatic heterocycles. The maximum absolute atomic E-state index is 14.7. The maximum Gasteiger partial charge on any atom is 0.408 e. The lowest BCUT2D eigenvalue weighted by Crippen LogP contribution is -2.46. The number of halogens is 5. The van der Waals surface area contributed by atoms with Crippen LogP contribution in [-0.4, -0.2) is 68.2 Å². The van der Waals surface area contributed by atoms with Crippen LogP contribution in [0.3, 0.4) is 0 Å². The Hall–Kier alpha value is -3.65. The van der Waals surface area contributed by atoms with Crippen molar-refractivity contribution in [1.29, 1.82) is 0 Å². The fraction of sp³-hybridized carbons (Fsp3) is 0.364. The van der Waals surface area contributed by atoms with E-state index in [0.29, 0.717) is 12.4 Å². The maximum atomic E-state index is 14.7. The SMILES string of the molecule is CCC(NC(=O)c1cn(-c2c(F)cncc2F)c2nc(N3C[C@@H](O)[C@H](O)C3)ccc2c1=O)C(F)(F)F. The van der Waals surface area contributed by atoms with Crippen LogP contribution in [0.4, 0.5) is 27.8 Å². The molecule has 1 fully saturated rings. The molecule has 0 bridgehead atoms. The highest BCUT2D eigenvalue weighted by molar-refractivity contribution is 5.97. The van der Waals surface area contributed by atoms with Crippen molar-refractivity contribution in [2.24, 2.45) is 0 Å². The molecule has 4 heterocycles. The highest BCUT2D eigenvalue weighted by Gasteiger charge is 2.40. The van der Waals surface area contributed by atoms with Gasteiger partial charge in [0.25, 0.3) is 5.91 Å². The molecule has 0 radical (unpaired) electrons. The molecule has 0 spiro atoms. The second kappa shape index (κ2) is 9.43. The number of β-amino-alcohol motifs (C(OH)–C–C–N with tert-alkyl or cyclic N) is 2. The average Bonchev–Trinajstić information content (AvgIpc) is 3.15. The molecule has 1 aliphatic rings. The number of rotatable bonds is 5. The molecule has 9 nitrogen and oxygen atoms in total. The van der Waals surface area contributed by atoms with Gasteiger partial charge >= 0.3 is 6.18 Å². The van der Waals surface area contributed by atoms with Gasteiger partial charge in [0, 0.05) is 19.3 Å². The van der Waals surface area contributed by atoms with Gasteiger partial charge in [-0.2, -0.15) is 13.2 Å². The number of pyridine rings is 3. The number of carbonyl (C=O) groups excluding carboxylic acids is 1. The quantitative estimate of drug-likeness (QED) is 0.444. The Morgan fingerprint density at radius 2 is 1.78 bits per heavy atom. The summed E-state index contributed by atoms with van der Waals surface area (Å²) in [5, 5.41) is 21.1. The number of nitrogens with zero attached hydrogens (tertiary/aromatic N) is 4. The van der Waals surface area contributed by atoms with E-state index in [2.05, 4.69) is 9.97 Å². The van der Waals surface area contributed by atoms with Crippen molar-refractivity contribution in [1.82, 2.24) is 19.9 Å².